The minimum absolute atomic E-state index is 0.0334. The summed E-state index contributed by atoms with van der Waals surface area (Å²) >= 11 is 0. The van der Waals surface area contributed by atoms with E-state index in [0.29, 0.717) is 0 Å². The van der Waals surface area contributed by atoms with Gasteiger partial charge in [-0.25, -0.2) is 4.98 Å². The zero-order chi connectivity index (χ0) is 22.7. The van der Waals surface area contributed by atoms with E-state index in [9.17, 15) is 0 Å². The van der Waals surface area contributed by atoms with Gasteiger partial charge in [-0.2, -0.15) is 9.97 Å². The van der Waals surface area contributed by atoms with E-state index in [1.807, 2.05) is 43.4 Å². The maximum Gasteiger partial charge on any atom is 0.229 e. The van der Waals surface area contributed by atoms with Crippen LogP contribution in [-0.4, -0.2) is 55.2 Å². The smallest absolute Gasteiger partial charge is 0.229 e. The third kappa shape index (κ3) is 4.93. The van der Waals surface area contributed by atoms with Gasteiger partial charge in [0, 0.05) is 58.2 Å². The molecule has 3 heterocycles. The molecule has 0 radical (unpaired) electrons. The fourth-order valence-electron chi connectivity index (χ4n) is 3.92. The van der Waals surface area contributed by atoms with Crippen molar-refractivity contribution in [3.63, 3.8) is 0 Å². The molecular weight excluding hydrogens is 398 g/mol. The number of piperazine rings is 1. The van der Waals surface area contributed by atoms with E-state index in [1.165, 1.54) is 5.56 Å². The highest BCUT2D eigenvalue weighted by molar-refractivity contribution is 5.65. The number of pyridine rings is 1. The number of nitrogens with zero attached hydrogens (tertiary/aromatic N) is 6. The fourth-order valence-corrected chi connectivity index (χ4v) is 3.92. The highest BCUT2D eigenvalue weighted by Crippen LogP contribution is 2.32. The number of para-hydroxylation sites is 1. The molecule has 0 spiro atoms. The van der Waals surface area contributed by atoms with Gasteiger partial charge in [0.2, 0.25) is 5.95 Å². The van der Waals surface area contributed by atoms with Crippen LogP contribution in [0.1, 0.15) is 26.3 Å². The number of hydrogen-bond acceptors (Lipinski definition) is 7. The van der Waals surface area contributed by atoms with Crippen LogP contribution in [0.4, 0.5) is 29.1 Å². The quantitative estimate of drug-likeness (QED) is 0.646. The van der Waals surface area contributed by atoms with Crippen LogP contribution in [0.5, 0.6) is 0 Å². The summed E-state index contributed by atoms with van der Waals surface area (Å²) in [6, 6.07) is 16.5. The lowest BCUT2D eigenvalue weighted by Crippen LogP contribution is -2.47. The lowest BCUT2D eigenvalue weighted by atomic mass is 9.86. The average molecular weight is 432 g/mol. The molecular formula is C25H33N7. The molecule has 0 unspecified atom stereocenters. The predicted octanol–water partition coefficient (Wildman–Crippen LogP) is 4.31. The summed E-state index contributed by atoms with van der Waals surface area (Å²) in [5.41, 5.74) is 2.37. The van der Waals surface area contributed by atoms with Crippen molar-refractivity contribution in [1.82, 2.24) is 15.0 Å². The van der Waals surface area contributed by atoms with Gasteiger partial charge in [0.15, 0.2) is 0 Å². The number of aromatic nitrogens is 3. The summed E-state index contributed by atoms with van der Waals surface area (Å²) in [7, 11) is 4.02. The van der Waals surface area contributed by atoms with Crippen molar-refractivity contribution < 1.29 is 0 Å². The zero-order valence-corrected chi connectivity index (χ0v) is 19.7. The molecule has 0 atom stereocenters. The molecule has 7 heteroatoms. The Kier molecular flexibility index (Phi) is 6.17. The highest BCUT2D eigenvalue weighted by Gasteiger charge is 2.22. The Labute approximate surface area is 191 Å². The molecule has 1 N–H and O–H groups in total. The van der Waals surface area contributed by atoms with Crippen molar-refractivity contribution in [2.45, 2.75) is 26.2 Å². The Hall–Kier alpha value is -3.35. The molecule has 1 saturated heterocycles. The maximum absolute atomic E-state index is 4.90. The van der Waals surface area contributed by atoms with Crippen LogP contribution < -0.4 is 20.0 Å². The maximum atomic E-state index is 4.90. The third-order valence-corrected chi connectivity index (χ3v) is 5.69. The number of benzene rings is 1. The molecule has 1 aromatic carbocycles. The molecule has 1 aliphatic heterocycles. The van der Waals surface area contributed by atoms with Crippen LogP contribution in [0.15, 0.2) is 54.7 Å². The van der Waals surface area contributed by atoms with Crippen LogP contribution in [0, 0.1) is 0 Å². The van der Waals surface area contributed by atoms with Crippen LogP contribution in [-0.2, 0) is 5.41 Å². The van der Waals surface area contributed by atoms with Gasteiger partial charge < -0.3 is 20.0 Å². The molecule has 1 aliphatic rings. The first kappa shape index (κ1) is 21.9. The molecule has 7 nitrogen and oxygen atoms in total. The normalized spacial score (nSPS) is 14.4. The van der Waals surface area contributed by atoms with E-state index < -0.39 is 0 Å². The van der Waals surface area contributed by atoms with Gasteiger partial charge in [-0.3, -0.25) is 0 Å². The molecule has 3 aromatic rings. The average Bonchev–Trinajstić information content (AvgIpc) is 2.79. The highest BCUT2D eigenvalue weighted by atomic mass is 15.3. The first-order chi connectivity index (χ1) is 15.3. The van der Waals surface area contributed by atoms with Gasteiger partial charge in [-0.15, -0.1) is 0 Å². The van der Waals surface area contributed by atoms with Gasteiger partial charge in [-0.05, 0) is 29.2 Å². The van der Waals surface area contributed by atoms with Crippen LogP contribution >= 0.6 is 0 Å². The lowest BCUT2D eigenvalue weighted by Gasteiger charge is -2.35. The van der Waals surface area contributed by atoms with Gasteiger partial charge in [0.1, 0.15) is 17.5 Å². The van der Waals surface area contributed by atoms with Crippen LogP contribution in [0.3, 0.4) is 0 Å². The van der Waals surface area contributed by atoms with Crippen LogP contribution in [0.2, 0.25) is 0 Å². The Bertz CT molecular complexity index is 1040. The van der Waals surface area contributed by atoms with E-state index in [1.54, 1.807) is 0 Å². The Morgan fingerprint density at radius 1 is 0.875 bits per heavy atom. The molecule has 0 amide bonds. The van der Waals surface area contributed by atoms with Crippen molar-refractivity contribution in [3.05, 3.63) is 60.3 Å². The number of anilines is 5. The monoisotopic (exact) mass is 431 g/mol. The molecule has 168 valence electrons. The number of nitrogens with one attached hydrogen (secondary N) is 1. The summed E-state index contributed by atoms with van der Waals surface area (Å²) in [4.78, 5) is 20.8. The number of rotatable bonds is 5. The SMILES string of the molecule is CN(C)c1cc(Nc2ccccc2C(C)(C)C)nc(N2CCN(c3ccccn3)CC2)n1. The standard InChI is InChI=1S/C25H33N7/c1-25(2,3)19-10-6-7-11-20(19)27-21-18-23(30(4)5)29-24(28-21)32-16-14-31(15-17-32)22-12-8-9-13-26-22/h6-13,18H,14-17H2,1-5H3,(H,27,28,29). The van der Waals surface area contributed by atoms with Crippen LogP contribution in [0.25, 0.3) is 0 Å². The molecule has 0 saturated carbocycles. The third-order valence-electron chi connectivity index (χ3n) is 5.69. The second-order valence-corrected chi connectivity index (χ2v) is 9.39. The molecule has 4 rings (SSSR count). The van der Waals surface area contributed by atoms with E-state index in [2.05, 4.69) is 71.2 Å². The van der Waals surface area contributed by atoms with Crippen molar-refractivity contribution in [2.24, 2.45) is 0 Å². The molecule has 0 bridgehead atoms. The Morgan fingerprint density at radius 2 is 1.56 bits per heavy atom. The van der Waals surface area contributed by atoms with Crippen molar-refractivity contribution in [2.75, 3.05) is 60.3 Å². The predicted molar refractivity (Wildman–Crippen MR) is 133 cm³/mol. The van der Waals surface area contributed by atoms with Gasteiger partial charge in [0.05, 0.1) is 0 Å². The summed E-state index contributed by atoms with van der Waals surface area (Å²) in [5.74, 6) is 3.48. The summed E-state index contributed by atoms with van der Waals surface area (Å²) in [5, 5.41) is 3.56. The van der Waals surface area contributed by atoms with E-state index >= 15 is 0 Å². The second kappa shape index (κ2) is 9.02. The Balaban J connectivity index is 1.57. The molecule has 2 aromatic heterocycles. The summed E-state index contributed by atoms with van der Waals surface area (Å²) < 4.78 is 0. The minimum Gasteiger partial charge on any atom is -0.363 e. The lowest BCUT2D eigenvalue weighted by molar-refractivity contribution is 0.592. The minimum atomic E-state index is 0.0334. The second-order valence-electron chi connectivity index (χ2n) is 9.39. The topological polar surface area (TPSA) is 60.4 Å². The molecule has 0 aliphatic carbocycles. The molecule has 32 heavy (non-hydrogen) atoms. The Morgan fingerprint density at radius 3 is 2.22 bits per heavy atom. The number of hydrogen-bond donors (Lipinski definition) is 1. The largest absolute Gasteiger partial charge is 0.363 e. The van der Waals surface area contributed by atoms with E-state index in [0.717, 1.165) is 55.3 Å². The first-order valence-electron chi connectivity index (χ1n) is 11.1. The van der Waals surface area contributed by atoms with Gasteiger partial charge in [-0.1, -0.05) is 45.0 Å². The summed E-state index contributed by atoms with van der Waals surface area (Å²) in [6.45, 7) is 10.2. The molecule has 1 fully saturated rings. The van der Waals surface area contributed by atoms with Gasteiger partial charge >= 0.3 is 0 Å². The van der Waals surface area contributed by atoms with Crippen molar-refractivity contribution in [1.29, 1.82) is 0 Å². The van der Waals surface area contributed by atoms with Gasteiger partial charge in [0.25, 0.3) is 0 Å². The zero-order valence-electron chi connectivity index (χ0n) is 19.7. The van der Waals surface area contributed by atoms with Crippen molar-refractivity contribution in [3.8, 4) is 0 Å². The van der Waals surface area contributed by atoms with E-state index in [4.69, 9.17) is 9.97 Å². The first-order valence-corrected chi connectivity index (χ1v) is 11.1. The van der Waals surface area contributed by atoms with Crippen molar-refractivity contribution >= 4 is 29.1 Å². The fraction of sp³-hybridized carbons (Fsp3) is 0.400. The summed E-state index contributed by atoms with van der Waals surface area (Å²) in [6.07, 6.45) is 1.85. The van der Waals surface area contributed by atoms with E-state index in [-0.39, 0.29) is 5.41 Å².